The minimum atomic E-state index is -1.00. The van der Waals surface area contributed by atoms with Crippen LogP contribution in [0.4, 0.5) is 4.79 Å². The second-order valence-corrected chi connectivity index (χ2v) is 8.34. The van der Waals surface area contributed by atoms with E-state index in [0.717, 1.165) is 25.7 Å². The molecular weight excluding hydrogens is 386 g/mol. The van der Waals surface area contributed by atoms with Crippen molar-refractivity contribution >= 4 is 23.8 Å². The van der Waals surface area contributed by atoms with Crippen LogP contribution in [0.1, 0.15) is 63.0 Å². The highest BCUT2D eigenvalue weighted by Gasteiger charge is 2.52. The fraction of sp³-hybridized carbons (Fsp3) is 0.545. The minimum absolute atomic E-state index is 0.0180. The molecular formula is C22H27N3O5. The Bertz CT molecular complexity index is 830. The summed E-state index contributed by atoms with van der Waals surface area (Å²) < 4.78 is 5.48. The molecule has 3 aliphatic rings. The normalized spacial score (nSPS) is 20.9. The van der Waals surface area contributed by atoms with Gasteiger partial charge in [0.1, 0.15) is 5.54 Å². The highest BCUT2D eigenvalue weighted by Crippen LogP contribution is 2.35. The molecule has 2 saturated carbocycles. The quantitative estimate of drug-likeness (QED) is 0.502. The zero-order valence-corrected chi connectivity index (χ0v) is 16.9. The van der Waals surface area contributed by atoms with Gasteiger partial charge in [0, 0.05) is 24.6 Å². The number of carbonyl (C=O) groups excluding carboxylic acids is 4. The Balaban J connectivity index is 1.31. The summed E-state index contributed by atoms with van der Waals surface area (Å²) in [6, 6.07) is 8.67. The number of amides is 4. The van der Waals surface area contributed by atoms with E-state index in [-0.39, 0.29) is 36.9 Å². The van der Waals surface area contributed by atoms with Crippen LogP contribution >= 0.6 is 0 Å². The molecule has 1 aromatic carbocycles. The van der Waals surface area contributed by atoms with Gasteiger partial charge in [0.2, 0.25) is 6.10 Å². The van der Waals surface area contributed by atoms with Crippen LogP contribution in [0.3, 0.4) is 0 Å². The number of urea groups is 1. The number of nitrogens with zero attached hydrogens (tertiary/aromatic N) is 1. The molecule has 0 aromatic heterocycles. The molecule has 8 nitrogen and oxygen atoms in total. The van der Waals surface area contributed by atoms with Crippen LogP contribution in [-0.4, -0.2) is 46.8 Å². The summed E-state index contributed by atoms with van der Waals surface area (Å²) in [5.74, 6) is -1.05. The predicted octanol–water partition coefficient (Wildman–Crippen LogP) is 2.19. The third-order valence-corrected chi connectivity index (χ3v) is 5.98. The Morgan fingerprint density at radius 2 is 1.87 bits per heavy atom. The average Bonchev–Trinajstić information content (AvgIpc) is 3.37. The highest BCUT2D eigenvalue weighted by atomic mass is 16.5. The summed E-state index contributed by atoms with van der Waals surface area (Å²) in [5.41, 5.74) is -0.127. The van der Waals surface area contributed by atoms with Crippen molar-refractivity contribution in [2.75, 3.05) is 6.54 Å². The lowest BCUT2D eigenvalue weighted by Crippen LogP contribution is -2.44. The number of benzene rings is 1. The molecule has 1 saturated heterocycles. The molecule has 30 heavy (non-hydrogen) atoms. The first-order valence-corrected chi connectivity index (χ1v) is 10.7. The van der Waals surface area contributed by atoms with Crippen molar-refractivity contribution in [2.24, 2.45) is 0 Å². The molecule has 1 atom stereocenters. The van der Waals surface area contributed by atoms with Gasteiger partial charge in [-0.1, -0.05) is 43.2 Å². The van der Waals surface area contributed by atoms with E-state index in [4.69, 9.17) is 4.74 Å². The lowest BCUT2D eigenvalue weighted by atomic mass is 9.98. The zero-order valence-electron chi connectivity index (χ0n) is 16.9. The maximum atomic E-state index is 12.6. The number of rotatable bonds is 8. The van der Waals surface area contributed by atoms with Gasteiger partial charge in [0.15, 0.2) is 0 Å². The zero-order chi connectivity index (χ0) is 21.1. The SMILES string of the molecule is O=C(CCCN1C(=O)NC2(CCCC2)C1=O)O[C@@H](C(=O)NC1CC1)c1ccccc1. The van der Waals surface area contributed by atoms with E-state index in [2.05, 4.69) is 10.6 Å². The predicted molar refractivity (Wildman–Crippen MR) is 107 cm³/mol. The van der Waals surface area contributed by atoms with Gasteiger partial charge in [-0.2, -0.15) is 0 Å². The summed E-state index contributed by atoms with van der Waals surface area (Å²) in [6.45, 7) is 0.159. The number of nitrogens with one attached hydrogen (secondary N) is 2. The molecule has 4 amide bonds. The van der Waals surface area contributed by atoms with Crippen LogP contribution in [0.15, 0.2) is 30.3 Å². The topological polar surface area (TPSA) is 105 Å². The van der Waals surface area contributed by atoms with Crippen molar-refractivity contribution in [1.29, 1.82) is 0 Å². The smallest absolute Gasteiger partial charge is 0.325 e. The summed E-state index contributed by atoms with van der Waals surface area (Å²) in [7, 11) is 0. The Labute approximate surface area is 175 Å². The van der Waals surface area contributed by atoms with Gasteiger partial charge in [-0.25, -0.2) is 4.79 Å². The maximum Gasteiger partial charge on any atom is 0.325 e. The van der Waals surface area contributed by atoms with Gasteiger partial charge >= 0.3 is 12.0 Å². The van der Waals surface area contributed by atoms with E-state index < -0.39 is 17.6 Å². The Morgan fingerprint density at radius 3 is 2.53 bits per heavy atom. The van der Waals surface area contributed by atoms with E-state index in [9.17, 15) is 19.2 Å². The first kappa shape index (κ1) is 20.4. The number of hydrogen-bond donors (Lipinski definition) is 2. The average molecular weight is 413 g/mol. The lowest BCUT2D eigenvalue weighted by molar-refractivity contribution is -0.156. The van der Waals surface area contributed by atoms with Crippen molar-refractivity contribution in [3.8, 4) is 0 Å². The Morgan fingerprint density at radius 1 is 1.17 bits per heavy atom. The maximum absolute atomic E-state index is 12.6. The summed E-state index contributed by atoms with van der Waals surface area (Å²) in [4.78, 5) is 51.0. The van der Waals surface area contributed by atoms with Gasteiger partial charge in [-0.15, -0.1) is 0 Å². The second-order valence-electron chi connectivity index (χ2n) is 8.34. The minimum Gasteiger partial charge on any atom is -0.447 e. The molecule has 0 radical (unpaired) electrons. The van der Waals surface area contributed by atoms with Crippen molar-refractivity contribution in [3.05, 3.63) is 35.9 Å². The standard InChI is InChI=1S/C22H27N3O5/c26-17(9-6-14-25-20(28)22(24-21(25)29)12-4-5-13-22)30-18(15-7-2-1-3-8-15)19(27)23-16-10-11-16/h1-3,7-8,16,18H,4-6,9-14H2,(H,23,27)(H,24,29)/t18-/m1/s1. The van der Waals surface area contributed by atoms with Gasteiger partial charge in [0.25, 0.3) is 11.8 Å². The van der Waals surface area contributed by atoms with Gasteiger partial charge < -0.3 is 15.4 Å². The van der Waals surface area contributed by atoms with Crippen LogP contribution in [0, 0.1) is 0 Å². The number of imide groups is 1. The second kappa shape index (κ2) is 8.45. The van der Waals surface area contributed by atoms with Crippen molar-refractivity contribution < 1.29 is 23.9 Å². The van der Waals surface area contributed by atoms with Crippen molar-refractivity contribution in [2.45, 2.75) is 69.1 Å². The monoisotopic (exact) mass is 413 g/mol. The van der Waals surface area contributed by atoms with E-state index >= 15 is 0 Å². The number of ether oxygens (including phenoxy) is 1. The molecule has 1 aromatic rings. The molecule has 0 unspecified atom stereocenters. The van der Waals surface area contributed by atoms with E-state index in [1.54, 1.807) is 24.3 Å². The van der Waals surface area contributed by atoms with Gasteiger partial charge in [-0.3, -0.25) is 19.3 Å². The molecule has 1 spiro atoms. The Kier molecular flexibility index (Phi) is 5.74. The molecule has 2 N–H and O–H groups in total. The first-order chi connectivity index (χ1) is 14.5. The highest BCUT2D eigenvalue weighted by molar-refractivity contribution is 6.07. The van der Waals surface area contributed by atoms with Crippen LogP contribution in [-0.2, 0) is 19.1 Å². The summed E-state index contributed by atoms with van der Waals surface area (Å²) in [5, 5.41) is 5.70. The van der Waals surface area contributed by atoms with Gasteiger partial charge in [0.05, 0.1) is 0 Å². The fourth-order valence-electron chi connectivity index (χ4n) is 4.17. The molecule has 1 aliphatic heterocycles. The molecule has 0 bridgehead atoms. The third-order valence-electron chi connectivity index (χ3n) is 5.98. The molecule has 160 valence electrons. The van der Waals surface area contributed by atoms with Crippen LogP contribution in [0.25, 0.3) is 0 Å². The number of esters is 1. The molecule has 2 aliphatic carbocycles. The number of hydrogen-bond acceptors (Lipinski definition) is 5. The van der Waals surface area contributed by atoms with E-state index in [1.165, 1.54) is 4.90 Å². The first-order valence-electron chi connectivity index (χ1n) is 10.7. The summed E-state index contributed by atoms with van der Waals surface area (Å²) >= 11 is 0. The molecule has 1 heterocycles. The van der Waals surface area contributed by atoms with E-state index in [0.29, 0.717) is 24.8 Å². The van der Waals surface area contributed by atoms with Crippen LogP contribution < -0.4 is 10.6 Å². The fourth-order valence-corrected chi connectivity index (χ4v) is 4.17. The molecule has 8 heteroatoms. The van der Waals surface area contributed by atoms with Crippen LogP contribution in [0.5, 0.6) is 0 Å². The van der Waals surface area contributed by atoms with Crippen LogP contribution in [0.2, 0.25) is 0 Å². The summed E-state index contributed by atoms with van der Waals surface area (Å²) in [6.07, 6.45) is 4.38. The Hall–Kier alpha value is -2.90. The lowest BCUT2D eigenvalue weighted by Gasteiger charge is -2.20. The van der Waals surface area contributed by atoms with Crippen molar-refractivity contribution in [1.82, 2.24) is 15.5 Å². The number of carbonyl (C=O) groups is 4. The van der Waals surface area contributed by atoms with E-state index in [1.807, 2.05) is 6.07 Å². The molecule has 3 fully saturated rings. The van der Waals surface area contributed by atoms with Gasteiger partial charge in [-0.05, 0) is 32.1 Å². The largest absolute Gasteiger partial charge is 0.447 e. The van der Waals surface area contributed by atoms with Crippen molar-refractivity contribution in [3.63, 3.8) is 0 Å². The third kappa shape index (κ3) is 4.32. The molecule has 4 rings (SSSR count).